The molecule has 6 nitrogen and oxygen atoms in total. The molecule has 0 saturated heterocycles. The summed E-state index contributed by atoms with van der Waals surface area (Å²) in [5, 5.41) is 9.24. The Morgan fingerprint density at radius 1 is 1.22 bits per heavy atom. The Bertz CT molecular complexity index is 831. The van der Waals surface area contributed by atoms with Crippen molar-refractivity contribution >= 4 is 12.0 Å². The Kier molecular flexibility index (Phi) is 7.53. The highest BCUT2D eigenvalue weighted by Gasteiger charge is 2.12. The molecule has 0 unspecified atom stereocenters. The van der Waals surface area contributed by atoms with Gasteiger partial charge in [0.05, 0.1) is 12.3 Å². The first-order chi connectivity index (χ1) is 13.0. The van der Waals surface area contributed by atoms with Crippen molar-refractivity contribution in [2.45, 2.75) is 20.5 Å². The number of pyridine rings is 1. The number of carbonyl (C=O) groups excluding carboxylic acids is 1. The zero-order chi connectivity index (χ0) is 19.6. The molecule has 0 N–H and O–H groups in total. The van der Waals surface area contributed by atoms with Crippen LogP contribution in [0.25, 0.3) is 6.08 Å². The van der Waals surface area contributed by atoms with Crippen LogP contribution in [0, 0.1) is 25.2 Å². The van der Waals surface area contributed by atoms with Crippen molar-refractivity contribution in [3.05, 3.63) is 64.5 Å². The predicted octanol–water partition coefficient (Wildman–Crippen LogP) is 3.37. The van der Waals surface area contributed by atoms with Crippen molar-refractivity contribution in [2.24, 2.45) is 0 Å². The summed E-state index contributed by atoms with van der Waals surface area (Å²) in [6, 6.07) is 11.3. The van der Waals surface area contributed by atoms with E-state index >= 15 is 0 Å². The highest BCUT2D eigenvalue weighted by atomic mass is 16.6. The molecule has 140 valence electrons. The molecule has 0 radical (unpaired) electrons. The minimum Gasteiger partial charge on any atom is -0.487 e. The number of ether oxygens (including phenoxy) is 3. The fourth-order valence-electron chi connectivity index (χ4n) is 2.52. The lowest BCUT2D eigenvalue weighted by molar-refractivity contribution is -0.139. The third-order valence-electron chi connectivity index (χ3n) is 3.75. The average molecular weight is 366 g/mol. The number of nitrogens with zero attached hydrogens (tertiary/aromatic N) is 2. The minimum absolute atomic E-state index is 0.0629. The van der Waals surface area contributed by atoms with Crippen LogP contribution in [0.5, 0.6) is 5.75 Å². The van der Waals surface area contributed by atoms with Crippen molar-refractivity contribution in [1.82, 2.24) is 4.98 Å². The van der Waals surface area contributed by atoms with Crippen LogP contribution >= 0.6 is 0 Å². The van der Waals surface area contributed by atoms with Gasteiger partial charge >= 0.3 is 5.97 Å². The molecule has 1 heterocycles. The zero-order valence-corrected chi connectivity index (χ0v) is 15.7. The van der Waals surface area contributed by atoms with E-state index in [0.717, 1.165) is 28.1 Å². The van der Waals surface area contributed by atoms with Crippen LogP contribution in [0.4, 0.5) is 0 Å². The third-order valence-corrected chi connectivity index (χ3v) is 3.75. The lowest BCUT2D eigenvalue weighted by Gasteiger charge is -2.13. The van der Waals surface area contributed by atoms with E-state index in [0.29, 0.717) is 6.61 Å². The van der Waals surface area contributed by atoms with Gasteiger partial charge in [0, 0.05) is 13.3 Å². The number of hydrogen-bond acceptors (Lipinski definition) is 6. The number of aryl methyl sites for hydroxylation is 2. The summed E-state index contributed by atoms with van der Waals surface area (Å²) in [4.78, 5) is 16.2. The van der Waals surface area contributed by atoms with Crippen LogP contribution < -0.4 is 4.74 Å². The number of carbonyl (C=O) groups is 1. The average Bonchev–Trinajstić information content (AvgIpc) is 2.66. The molecular formula is C21H22N2O4. The second-order valence-electron chi connectivity index (χ2n) is 5.89. The molecule has 0 saturated carbocycles. The van der Waals surface area contributed by atoms with Crippen LogP contribution in [0.15, 0.2) is 42.1 Å². The highest BCUT2D eigenvalue weighted by Crippen LogP contribution is 2.26. The Hall–Kier alpha value is -3.17. The van der Waals surface area contributed by atoms with Crippen LogP contribution in [0.3, 0.4) is 0 Å². The van der Waals surface area contributed by atoms with E-state index < -0.39 is 5.97 Å². The van der Waals surface area contributed by atoms with E-state index in [-0.39, 0.29) is 18.8 Å². The maximum absolute atomic E-state index is 11.9. The molecule has 0 amide bonds. The first-order valence-corrected chi connectivity index (χ1v) is 8.47. The van der Waals surface area contributed by atoms with E-state index in [1.165, 1.54) is 13.2 Å². The van der Waals surface area contributed by atoms with Gasteiger partial charge < -0.3 is 14.2 Å². The van der Waals surface area contributed by atoms with Crippen molar-refractivity contribution in [3.8, 4) is 11.8 Å². The predicted molar refractivity (Wildman–Crippen MR) is 101 cm³/mol. The Balaban J connectivity index is 2.14. The molecule has 6 heteroatoms. The molecule has 0 aliphatic carbocycles. The normalized spacial score (nSPS) is 11.0. The summed E-state index contributed by atoms with van der Waals surface area (Å²) in [5.41, 5.74) is 3.32. The van der Waals surface area contributed by atoms with Gasteiger partial charge in [-0.05, 0) is 60.9 Å². The van der Waals surface area contributed by atoms with Crippen molar-refractivity contribution < 1.29 is 19.0 Å². The molecule has 0 bridgehead atoms. The SMILES string of the molecule is COCCOC(=O)/C(C#N)=C/c1cc(C)c(OCc2ccccn2)c(C)c1. The lowest BCUT2D eigenvalue weighted by atomic mass is 10.0. The molecule has 1 aromatic heterocycles. The maximum atomic E-state index is 11.9. The van der Waals surface area contributed by atoms with Gasteiger partial charge in [0.2, 0.25) is 0 Å². The molecule has 0 atom stereocenters. The quantitative estimate of drug-likeness (QED) is 0.308. The molecule has 0 fully saturated rings. The van der Waals surface area contributed by atoms with Gasteiger partial charge in [0.15, 0.2) is 0 Å². The zero-order valence-electron chi connectivity index (χ0n) is 15.7. The Morgan fingerprint density at radius 2 is 1.96 bits per heavy atom. The van der Waals surface area contributed by atoms with Crippen molar-refractivity contribution in [2.75, 3.05) is 20.3 Å². The number of esters is 1. The number of aromatic nitrogens is 1. The fraction of sp³-hybridized carbons (Fsp3) is 0.286. The summed E-state index contributed by atoms with van der Waals surface area (Å²) in [6.45, 7) is 4.59. The van der Waals surface area contributed by atoms with Gasteiger partial charge in [-0.1, -0.05) is 6.07 Å². The molecule has 0 spiro atoms. The van der Waals surface area contributed by atoms with E-state index in [4.69, 9.17) is 14.2 Å². The molecular weight excluding hydrogens is 344 g/mol. The van der Waals surface area contributed by atoms with E-state index in [1.807, 2.05) is 50.2 Å². The Labute approximate surface area is 159 Å². The summed E-state index contributed by atoms with van der Waals surface area (Å²) >= 11 is 0. The maximum Gasteiger partial charge on any atom is 0.348 e. The lowest BCUT2D eigenvalue weighted by Crippen LogP contribution is -2.11. The van der Waals surface area contributed by atoms with Crippen molar-refractivity contribution in [1.29, 1.82) is 5.26 Å². The van der Waals surface area contributed by atoms with Gasteiger partial charge in [-0.3, -0.25) is 4.98 Å². The third kappa shape index (κ3) is 5.94. The monoisotopic (exact) mass is 366 g/mol. The number of methoxy groups -OCH3 is 1. The summed E-state index contributed by atoms with van der Waals surface area (Å²) in [5.74, 6) is 0.0966. The molecule has 27 heavy (non-hydrogen) atoms. The second-order valence-corrected chi connectivity index (χ2v) is 5.89. The topological polar surface area (TPSA) is 81.4 Å². The van der Waals surface area contributed by atoms with Crippen LogP contribution in [0.1, 0.15) is 22.4 Å². The molecule has 2 aromatic rings. The van der Waals surface area contributed by atoms with Gasteiger partial charge in [-0.25, -0.2) is 4.79 Å². The highest BCUT2D eigenvalue weighted by molar-refractivity contribution is 5.97. The van der Waals surface area contributed by atoms with Gasteiger partial charge in [0.25, 0.3) is 0 Å². The van der Waals surface area contributed by atoms with E-state index in [1.54, 1.807) is 6.20 Å². The number of rotatable bonds is 8. The van der Waals surface area contributed by atoms with Gasteiger partial charge in [0.1, 0.15) is 30.6 Å². The van der Waals surface area contributed by atoms with Crippen LogP contribution in [0.2, 0.25) is 0 Å². The van der Waals surface area contributed by atoms with Crippen LogP contribution in [-0.2, 0) is 20.9 Å². The van der Waals surface area contributed by atoms with Gasteiger partial charge in [-0.2, -0.15) is 5.26 Å². The van der Waals surface area contributed by atoms with Crippen LogP contribution in [-0.4, -0.2) is 31.3 Å². The molecule has 2 rings (SSSR count). The summed E-state index contributed by atoms with van der Waals surface area (Å²) < 4.78 is 15.7. The number of hydrogen-bond donors (Lipinski definition) is 0. The van der Waals surface area contributed by atoms with E-state index in [2.05, 4.69) is 4.98 Å². The largest absolute Gasteiger partial charge is 0.487 e. The Morgan fingerprint density at radius 3 is 2.56 bits per heavy atom. The molecule has 1 aromatic carbocycles. The van der Waals surface area contributed by atoms with E-state index in [9.17, 15) is 10.1 Å². The molecule has 0 aliphatic rings. The summed E-state index contributed by atoms with van der Waals surface area (Å²) in [7, 11) is 1.51. The number of nitriles is 1. The smallest absolute Gasteiger partial charge is 0.348 e. The second kappa shape index (κ2) is 10.1. The standard InChI is InChI=1S/C21H22N2O4/c1-15-10-17(12-18(13-22)21(24)26-9-8-25-3)11-16(2)20(15)27-14-19-6-4-5-7-23-19/h4-7,10-12H,8-9,14H2,1-3H3/b18-12+. The van der Waals surface area contributed by atoms with Crippen molar-refractivity contribution in [3.63, 3.8) is 0 Å². The first-order valence-electron chi connectivity index (χ1n) is 8.47. The van der Waals surface area contributed by atoms with Gasteiger partial charge in [-0.15, -0.1) is 0 Å². The number of benzene rings is 1. The fourth-order valence-corrected chi connectivity index (χ4v) is 2.52. The first kappa shape index (κ1) is 20.1. The molecule has 0 aliphatic heterocycles. The minimum atomic E-state index is -0.666. The summed E-state index contributed by atoms with van der Waals surface area (Å²) in [6.07, 6.45) is 3.24.